The number of sulfonamides is 1. The molecule has 1 N–H and O–H groups in total. The van der Waals surface area contributed by atoms with E-state index < -0.39 is 22.5 Å². The van der Waals surface area contributed by atoms with Crippen molar-refractivity contribution in [3.63, 3.8) is 0 Å². The van der Waals surface area contributed by atoms with Crippen molar-refractivity contribution < 1.29 is 27.4 Å². The van der Waals surface area contributed by atoms with Gasteiger partial charge in [0.05, 0.1) is 37.6 Å². The molecule has 0 spiro atoms. The maximum atomic E-state index is 13.4. The molecule has 0 saturated heterocycles. The van der Waals surface area contributed by atoms with Crippen molar-refractivity contribution in [2.24, 2.45) is 5.10 Å². The van der Waals surface area contributed by atoms with E-state index >= 15 is 0 Å². The van der Waals surface area contributed by atoms with Gasteiger partial charge in [0.1, 0.15) is 12.3 Å². The van der Waals surface area contributed by atoms with Crippen LogP contribution in [-0.2, 0) is 14.8 Å². The Hall–Kier alpha value is -4.05. The summed E-state index contributed by atoms with van der Waals surface area (Å²) in [4.78, 5) is 12.9. The maximum absolute atomic E-state index is 13.4. The molecular weight excluding hydrogens is 470 g/mol. The second-order valence-corrected chi connectivity index (χ2v) is 9.19. The van der Waals surface area contributed by atoms with E-state index in [4.69, 9.17) is 14.2 Å². The number of carbonyl (C=O) groups excluding carboxylic acids is 1. The fourth-order valence-electron chi connectivity index (χ4n) is 3.22. The lowest BCUT2D eigenvalue weighted by Gasteiger charge is -2.24. The minimum absolute atomic E-state index is 0.0635. The van der Waals surface area contributed by atoms with Gasteiger partial charge in [-0.2, -0.15) is 5.10 Å². The molecule has 10 heteroatoms. The zero-order valence-electron chi connectivity index (χ0n) is 19.9. The maximum Gasteiger partial charge on any atom is 0.264 e. The molecule has 0 unspecified atom stereocenters. The Morgan fingerprint density at radius 3 is 2.14 bits per heavy atom. The molecule has 1 amide bonds. The Morgan fingerprint density at radius 1 is 0.886 bits per heavy atom. The Balaban J connectivity index is 1.85. The van der Waals surface area contributed by atoms with Crippen LogP contribution in [0.4, 0.5) is 5.69 Å². The van der Waals surface area contributed by atoms with Crippen molar-refractivity contribution >= 4 is 27.3 Å². The third kappa shape index (κ3) is 6.10. The highest BCUT2D eigenvalue weighted by atomic mass is 32.2. The molecule has 0 atom stereocenters. The Kier molecular flexibility index (Phi) is 8.32. The first-order valence-electron chi connectivity index (χ1n) is 10.6. The Bertz CT molecular complexity index is 1290. The number of amides is 1. The lowest BCUT2D eigenvalue weighted by molar-refractivity contribution is -0.119. The molecule has 35 heavy (non-hydrogen) atoms. The van der Waals surface area contributed by atoms with Crippen LogP contribution in [-0.4, -0.2) is 47.9 Å². The number of hydrogen-bond donors (Lipinski definition) is 1. The van der Waals surface area contributed by atoms with Crippen molar-refractivity contribution in [3.8, 4) is 17.2 Å². The van der Waals surface area contributed by atoms with Gasteiger partial charge in [-0.1, -0.05) is 18.2 Å². The smallest absolute Gasteiger partial charge is 0.264 e. The molecule has 0 bridgehead atoms. The molecule has 0 heterocycles. The number of methoxy groups -OCH3 is 3. The lowest BCUT2D eigenvalue weighted by Crippen LogP contribution is -2.39. The highest BCUT2D eigenvalue weighted by molar-refractivity contribution is 7.92. The fraction of sp³-hybridized carbons (Fsp3) is 0.200. The van der Waals surface area contributed by atoms with Gasteiger partial charge in [-0.25, -0.2) is 13.8 Å². The summed E-state index contributed by atoms with van der Waals surface area (Å²) >= 11 is 0. The summed E-state index contributed by atoms with van der Waals surface area (Å²) in [5.41, 5.74) is 3.95. The number of benzene rings is 3. The van der Waals surface area contributed by atoms with Gasteiger partial charge in [0.2, 0.25) is 0 Å². The van der Waals surface area contributed by atoms with E-state index in [-0.39, 0.29) is 4.90 Å². The SMILES string of the molecule is COc1ccc(N(CC(=O)N/N=C(/C)c2ccc(OC)c(OC)c2)S(=O)(=O)c2ccccc2)cc1. The highest BCUT2D eigenvalue weighted by Crippen LogP contribution is 2.28. The summed E-state index contributed by atoms with van der Waals surface area (Å²) in [7, 11) is 0.553. The van der Waals surface area contributed by atoms with Crippen LogP contribution in [0.5, 0.6) is 17.2 Å². The van der Waals surface area contributed by atoms with E-state index in [1.54, 1.807) is 67.6 Å². The van der Waals surface area contributed by atoms with E-state index in [9.17, 15) is 13.2 Å². The summed E-state index contributed by atoms with van der Waals surface area (Å²) in [6, 6.07) is 19.5. The van der Waals surface area contributed by atoms with Crippen LogP contribution >= 0.6 is 0 Å². The predicted octanol–water partition coefficient (Wildman–Crippen LogP) is 3.45. The van der Waals surface area contributed by atoms with Crippen LogP contribution in [0, 0.1) is 0 Å². The molecule has 184 valence electrons. The quantitative estimate of drug-likeness (QED) is 0.340. The molecule has 0 aliphatic carbocycles. The average Bonchev–Trinajstić information content (AvgIpc) is 2.90. The second-order valence-electron chi connectivity index (χ2n) is 7.32. The molecule has 0 aromatic heterocycles. The molecule has 9 nitrogen and oxygen atoms in total. The molecular formula is C25H27N3O6S. The first kappa shape index (κ1) is 25.6. The number of nitrogens with zero attached hydrogens (tertiary/aromatic N) is 2. The van der Waals surface area contributed by atoms with Crippen molar-refractivity contribution in [3.05, 3.63) is 78.4 Å². The molecule has 0 radical (unpaired) electrons. The minimum atomic E-state index is -4.02. The van der Waals surface area contributed by atoms with Crippen molar-refractivity contribution in [2.45, 2.75) is 11.8 Å². The lowest BCUT2D eigenvalue weighted by atomic mass is 10.1. The van der Waals surface area contributed by atoms with Crippen LogP contribution in [0.3, 0.4) is 0 Å². The topological polar surface area (TPSA) is 107 Å². The summed E-state index contributed by atoms with van der Waals surface area (Å²) in [5.74, 6) is 1.03. The van der Waals surface area contributed by atoms with E-state index in [2.05, 4.69) is 10.5 Å². The first-order chi connectivity index (χ1) is 16.8. The van der Waals surface area contributed by atoms with E-state index in [0.29, 0.717) is 34.2 Å². The van der Waals surface area contributed by atoms with Gasteiger partial charge in [-0.05, 0) is 61.5 Å². The van der Waals surface area contributed by atoms with Crippen LogP contribution in [0.25, 0.3) is 0 Å². The van der Waals surface area contributed by atoms with Crippen LogP contribution in [0.2, 0.25) is 0 Å². The second kappa shape index (κ2) is 11.4. The normalized spacial score (nSPS) is 11.5. The van der Waals surface area contributed by atoms with Crippen molar-refractivity contribution in [1.29, 1.82) is 0 Å². The molecule has 0 saturated carbocycles. The third-order valence-corrected chi connectivity index (χ3v) is 6.92. The number of hydrogen-bond acceptors (Lipinski definition) is 7. The van der Waals surface area contributed by atoms with Gasteiger partial charge in [-0.15, -0.1) is 0 Å². The van der Waals surface area contributed by atoms with Crippen molar-refractivity contribution in [2.75, 3.05) is 32.2 Å². The van der Waals surface area contributed by atoms with E-state index in [0.717, 1.165) is 4.31 Å². The van der Waals surface area contributed by atoms with Gasteiger partial charge in [-0.3, -0.25) is 9.10 Å². The Morgan fingerprint density at radius 2 is 1.54 bits per heavy atom. The number of nitrogens with one attached hydrogen (secondary N) is 1. The third-order valence-electron chi connectivity index (χ3n) is 5.13. The first-order valence-corrected chi connectivity index (χ1v) is 12.0. The van der Waals surface area contributed by atoms with Crippen molar-refractivity contribution in [1.82, 2.24) is 5.43 Å². The zero-order chi connectivity index (χ0) is 25.4. The number of hydrazone groups is 1. The zero-order valence-corrected chi connectivity index (χ0v) is 20.7. The fourth-order valence-corrected chi connectivity index (χ4v) is 4.66. The summed E-state index contributed by atoms with van der Waals surface area (Å²) < 4.78 is 43.4. The Labute approximate surface area is 205 Å². The van der Waals surface area contributed by atoms with Crippen LogP contribution in [0.15, 0.2) is 82.8 Å². The molecule has 0 aliphatic rings. The monoisotopic (exact) mass is 497 g/mol. The summed E-state index contributed by atoms with van der Waals surface area (Å²) in [5, 5.41) is 4.13. The molecule has 0 aliphatic heterocycles. The molecule has 3 aromatic carbocycles. The molecule has 3 rings (SSSR count). The predicted molar refractivity (Wildman–Crippen MR) is 134 cm³/mol. The van der Waals surface area contributed by atoms with Crippen LogP contribution < -0.4 is 23.9 Å². The minimum Gasteiger partial charge on any atom is -0.497 e. The highest BCUT2D eigenvalue weighted by Gasteiger charge is 2.27. The van der Waals surface area contributed by atoms with E-state index in [1.165, 1.54) is 33.5 Å². The largest absolute Gasteiger partial charge is 0.497 e. The summed E-state index contributed by atoms with van der Waals surface area (Å²) in [6.45, 7) is 1.23. The van der Waals surface area contributed by atoms with Gasteiger partial charge in [0, 0.05) is 5.56 Å². The van der Waals surface area contributed by atoms with Gasteiger partial charge < -0.3 is 14.2 Å². The number of carbonyl (C=O) groups is 1. The van der Waals surface area contributed by atoms with E-state index in [1.807, 2.05) is 0 Å². The van der Waals surface area contributed by atoms with Gasteiger partial charge >= 0.3 is 0 Å². The molecule has 0 fully saturated rings. The summed E-state index contributed by atoms with van der Waals surface area (Å²) in [6.07, 6.45) is 0. The average molecular weight is 498 g/mol. The standard InChI is InChI=1S/C25H27N3O6S/c1-18(19-10-15-23(33-3)24(16-19)34-4)26-27-25(29)17-28(20-11-13-21(32-2)14-12-20)35(30,31)22-8-6-5-7-9-22/h5-16H,17H2,1-4H3,(H,27,29)/b26-18-. The van der Waals surface area contributed by atoms with Gasteiger partial charge in [0.25, 0.3) is 15.9 Å². The molecule has 3 aromatic rings. The van der Waals surface area contributed by atoms with Crippen LogP contribution in [0.1, 0.15) is 12.5 Å². The van der Waals surface area contributed by atoms with Gasteiger partial charge in [0.15, 0.2) is 11.5 Å². The number of rotatable bonds is 10. The number of anilines is 1. The number of ether oxygens (including phenoxy) is 3.